The number of nitrogens with one attached hydrogen (secondary N) is 1. The van der Waals surface area contributed by atoms with E-state index >= 15 is 0 Å². The molecule has 4 nitrogen and oxygen atoms in total. The smallest absolute Gasteiger partial charge is 0.252 e. The van der Waals surface area contributed by atoms with Crippen LogP contribution < -0.4 is 10.2 Å². The van der Waals surface area contributed by atoms with Gasteiger partial charge in [0.05, 0.1) is 11.3 Å². The van der Waals surface area contributed by atoms with E-state index in [1.165, 1.54) is 23.4 Å². The Morgan fingerprint density at radius 1 is 0.967 bits per heavy atom. The minimum absolute atomic E-state index is 0.0199. The van der Waals surface area contributed by atoms with E-state index in [2.05, 4.69) is 5.32 Å². The van der Waals surface area contributed by atoms with Crippen molar-refractivity contribution < 1.29 is 14.0 Å². The van der Waals surface area contributed by atoms with Gasteiger partial charge in [0, 0.05) is 29.2 Å². The lowest BCUT2D eigenvalue weighted by Gasteiger charge is -2.17. The molecule has 152 valence electrons. The quantitative estimate of drug-likeness (QED) is 0.600. The van der Waals surface area contributed by atoms with Crippen molar-refractivity contribution in [1.82, 2.24) is 5.32 Å². The number of anilines is 1. The Balaban J connectivity index is 1.40. The van der Waals surface area contributed by atoms with Gasteiger partial charge in [0.1, 0.15) is 5.82 Å². The predicted molar refractivity (Wildman–Crippen MR) is 117 cm³/mol. The third-order valence-corrected chi connectivity index (χ3v) is 6.13. The fourth-order valence-electron chi connectivity index (χ4n) is 3.51. The zero-order valence-corrected chi connectivity index (χ0v) is 17.1. The highest BCUT2D eigenvalue weighted by atomic mass is 32.2. The summed E-state index contributed by atoms with van der Waals surface area (Å²) >= 11 is 1.34. The summed E-state index contributed by atoms with van der Waals surface area (Å²) < 4.78 is 13.8. The minimum atomic E-state index is -0.350. The van der Waals surface area contributed by atoms with Gasteiger partial charge in [0.25, 0.3) is 5.91 Å². The second-order valence-electron chi connectivity index (χ2n) is 6.98. The van der Waals surface area contributed by atoms with Crippen LogP contribution in [0, 0.1) is 5.82 Å². The average Bonchev–Trinajstić information content (AvgIpc) is 3.21. The van der Waals surface area contributed by atoms with Gasteiger partial charge in [-0.2, -0.15) is 0 Å². The van der Waals surface area contributed by atoms with Crippen LogP contribution in [-0.4, -0.2) is 24.1 Å². The number of fused-ring (bicyclic) bond motifs is 1. The number of thioether (sulfide) groups is 1. The van der Waals surface area contributed by atoms with Crippen LogP contribution in [0.3, 0.4) is 0 Å². The first-order valence-corrected chi connectivity index (χ1v) is 10.7. The molecule has 0 bridgehead atoms. The van der Waals surface area contributed by atoms with E-state index in [-0.39, 0.29) is 29.9 Å². The standard InChI is InChI=1S/C24H21FN2O2S/c25-20-10-4-1-8-18(20)15-26-24(29)19-9-3-6-12-22(19)30-16-23(28)27-14-13-17-7-2-5-11-21(17)27/h1-12H,13-16H2,(H,26,29). The summed E-state index contributed by atoms with van der Waals surface area (Å²) in [6.07, 6.45) is 0.863. The second-order valence-corrected chi connectivity index (χ2v) is 8.00. The summed E-state index contributed by atoms with van der Waals surface area (Å²) in [6, 6.07) is 21.5. The van der Waals surface area contributed by atoms with Gasteiger partial charge in [0.2, 0.25) is 5.91 Å². The molecule has 2 amide bonds. The Morgan fingerprint density at radius 3 is 2.57 bits per heavy atom. The lowest BCUT2D eigenvalue weighted by molar-refractivity contribution is -0.116. The van der Waals surface area contributed by atoms with Crippen LogP contribution in [0.2, 0.25) is 0 Å². The molecule has 6 heteroatoms. The molecule has 4 rings (SSSR count). The molecule has 0 aliphatic carbocycles. The third-order valence-electron chi connectivity index (χ3n) is 5.07. The summed E-state index contributed by atoms with van der Waals surface area (Å²) in [4.78, 5) is 28.0. The first-order valence-electron chi connectivity index (χ1n) is 9.75. The van der Waals surface area contributed by atoms with Crippen LogP contribution in [0.5, 0.6) is 0 Å². The van der Waals surface area contributed by atoms with Crippen molar-refractivity contribution in [3.63, 3.8) is 0 Å². The Kier molecular flexibility index (Phi) is 6.14. The SMILES string of the molecule is O=C(NCc1ccccc1F)c1ccccc1SCC(=O)N1CCc2ccccc21. The fraction of sp³-hybridized carbons (Fsp3) is 0.167. The van der Waals surface area contributed by atoms with Crippen molar-refractivity contribution in [2.45, 2.75) is 17.9 Å². The van der Waals surface area contributed by atoms with Gasteiger partial charge in [-0.3, -0.25) is 9.59 Å². The molecule has 0 saturated heterocycles. The van der Waals surface area contributed by atoms with Crippen LogP contribution in [0.4, 0.5) is 10.1 Å². The molecule has 0 saturated carbocycles. The highest BCUT2D eigenvalue weighted by Gasteiger charge is 2.24. The van der Waals surface area contributed by atoms with E-state index in [1.807, 2.05) is 41.3 Å². The molecule has 1 N–H and O–H groups in total. The number of carbonyl (C=O) groups is 2. The number of hydrogen-bond donors (Lipinski definition) is 1. The van der Waals surface area contributed by atoms with Gasteiger partial charge in [-0.1, -0.05) is 48.5 Å². The minimum Gasteiger partial charge on any atom is -0.348 e. The van der Waals surface area contributed by atoms with E-state index in [0.29, 0.717) is 17.7 Å². The first-order chi connectivity index (χ1) is 14.6. The second kappa shape index (κ2) is 9.13. The molecule has 1 heterocycles. The maximum absolute atomic E-state index is 13.8. The molecule has 1 aliphatic rings. The van der Waals surface area contributed by atoms with Crippen LogP contribution in [-0.2, 0) is 17.8 Å². The summed E-state index contributed by atoms with van der Waals surface area (Å²) in [7, 11) is 0. The van der Waals surface area contributed by atoms with E-state index in [0.717, 1.165) is 17.0 Å². The van der Waals surface area contributed by atoms with E-state index in [1.54, 1.807) is 30.3 Å². The first kappa shape index (κ1) is 20.2. The highest BCUT2D eigenvalue weighted by molar-refractivity contribution is 8.00. The molecule has 30 heavy (non-hydrogen) atoms. The zero-order valence-electron chi connectivity index (χ0n) is 16.3. The normalized spacial score (nSPS) is 12.5. The van der Waals surface area contributed by atoms with Crippen LogP contribution in [0.15, 0.2) is 77.7 Å². The molecule has 0 unspecified atom stereocenters. The van der Waals surface area contributed by atoms with Gasteiger partial charge in [-0.15, -0.1) is 11.8 Å². The number of amides is 2. The van der Waals surface area contributed by atoms with Gasteiger partial charge < -0.3 is 10.2 Å². The number of benzene rings is 3. The maximum atomic E-state index is 13.8. The zero-order chi connectivity index (χ0) is 20.9. The monoisotopic (exact) mass is 420 g/mol. The maximum Gasteiger partial charge on any atom is 0.252 e. The van der Waals surface area contributed by atoms with E-state index < -0.39 is 0 Å². The van der Waals surface area contributed by atoms with Gasteiger partial charge >= 0.3 is 0 Å². The lowest BCUT2D eigenvalue weighted by atomic mass is 10.2. The molecule has 0 atom stereocenters. The number of rotatable bonds is 6. The Morgan fingerprint density at radius 2 is 1.70 bits per heavy atom. The number of para-hydroxylation sites is 1. The Hall–Kier alpha value is -3.12. The summed E-state index contributed by atoms with van der Waals surface area (Å²) in [5.74, 6) is -0.379. The fourth-order valence-corrected chi connectivity index (χ4v) is 4.43. The summed E-state index contributed by atoms with van der Waals surface area (Å²) in [6.45, 7) is 0.789. The summed E-state index contributed by atoms with van der Waals surface area (Å²) in [5.41, 5.74) is 3.06. The van der Waals surface area contributed by atoms with Crippen molar-refractivity contribution in [3.05, 3.63) is 95.3 Å². The van der Waals surface area contributed by atoms with Crippen molar-refractivity contribution in [1.29, 1.82) is 0 Å². The van der Waals surface area contributed by atoms with Gasteiger partial charge in [0.15, 0.2) is 0 Å². The molecule has 0 fully saturated rings. The van der Waals surface area contributed by atoms with E-state index in [9.17, 15) is 14.0 Å². The molecule has 3 aromatic carbocycles. The van der Waals surface area contributed by atoms with E-state index in [4.69, 9.17) is 0 Å². The lowest BCUT2D eigenvalue weighted by Crippen LogP contribution is -2.30. The number of halogens is 1. The number of hydrogen-bond acceptors (Lipinski definition) is 3. The number of nitrogens with zero attached hydrogens (tertiary/aromatic N) is 1. The van der Waals surface area contributed by atoms with Crippen LogP contribution >= 0.6 is 11.8 Å². The molecule has 0 aromatic heterocycles. The number of carbonyl (C=O) groups excluding carboxylic acids is 2. The van der Waals surface area contributed by atoms with Gasteiger partial charge in [-0.25, -0.2) is 4.39 Å². The molecule has 3 aromatic rings. The topological polar surface area (TPSA) is 49.4 Å². The predicted octanol–water partition coefficient (Wildman–Crippen LogP) is 4.44. The van der Waals surface area contributed by atoms with Crippen LogP contribution in [0.25, 0.3) is 0 Å². The largest absolute Gasteiger partial charge is 0.348 e. The van der Waals surface area contributed by atoms with Crippen molar-refractivity contribution in [2.24, 2.45) is 0 Å². The molecule has 0 spiro atoms. The summed E-state index contributed by atoms with van der Waals surface area (Å²) in [5, 5.41) is 2.76. The third kappa shape index (κ3) is 4.39. The van der Waals surface area contributed by atoms with Crippen molar-refractivity contribution in [2.75, 3.05) is 17.2 Å². The van der Waals surface area contributed by atoms with Crippen molar-refractivity contribution >= 4 is 29.3 Å². The van der Waals surface area contributed by atoms with Gasteiger partial charge in [-0.05, 0) is 36.2 Å². The average molecular weight is 421 g/mol. The molecular weight excluding hydrogens is 399 g/mol. The Labute approximate surface area is 179 Å². The Bertz CT molecular complexity index is 1090. The molecule has 0 radical (unpaired) electrons. The molecule has 1 aliphatic heterocycles. The molecular formula is C24H21FN2O2S. The van der Waals surface area contributed by atoms with Crippen molar-refractivity contribution in [3.8, 4) is 0 Å². The van der Waals surface area contributed by atoms with Crippen LogP contribution in [0.1, 0.15) is 21.5 Å². The highest BCUT2D eigenvalue weighted by Crippen LogP contribution is 2.29.